The van der Waals surface area contributed by atoms with Gasteiger partial charge in [-0.15, -0.1) is 0 Å². The van der Waals surface area contributed by atoms with E-state index in [0.29, 0.717) is 23.5 Å². The first kappa shape index (κ1) is 21.0. The highest BCUT2D eigenvalue weighted by Gasteiger charge is 2.17. The highest BCUT2D eigenvalue weighted by molar-refractivity contribution is 6.16. The Morgan fingerprint density at radius 1 is 1.11 bits per heavy atom. The summed E-state index contributed by atoms with van der Waals surface area (Å²) in [4.78, 5) is 17.2. The Kier molecular flexibility index (Phi) is 8.09. The average molecular weight is 383 g/mol. The third-order valence-corrected chi connectivity index (χ3v) is 3.93. The molecule has 0 aliphatic carbocycles. The standard InChI is InChI=1S/C22H25NO5/c1-5-28-23-16(2)17-10-8-11-19(13-17)27-14-18-9-6-7-12-20(18)21(15-25-3)22(24)26-4/h6-13,15H,5,14H2,1-4H3/b21-15-,23-16-. The zero-order valence-electron chi connectivity index (χ0n) is 16.6. The molecule has 0 aliphatic rings. The lowest BCUT2D eigenvalue weighted by atomic mass is 10.0. The average Bonchev–Trinajstić information content (AvgIpc) is 2.74. The molecule has 0 atom stereocenters. The van der Waals surface area contributed by atoms with Gasteiger partial charge in [-0.05, 0) is 37.1 Å². The van der Waals surface area contributed by atoms with Gasteiger partial charge < -0.3 is 19.0 Å². The van der Waals surface area contributed by atoms with Gasteiger partial charge in [0.15, 0.2) is 0 Å². The van der Waals surface area contributed by atoms with Crippen LogP contribution in [-0.2, 0) is 25.7 Å². The summed E-state index contributed by atoms with van der Waals surface area (Å²) in [6.07, 6.45) is 1.37. The molecule has 6 heteroatoms. The summed E-state index contributed by atoms with van der Waals surface area (Å²) in [5.74, 6) is 0.216. The molecule has 0 spiro atoms. The monoisotopic (exact) mass is 383 g/mol. The first-order valence-electron chi connectivity index (χ1n) is 8.90. The normalized spacial score (nSPS) is 11.7. The van der Waals surface area contributed by atoms with Crippen molar-refractivity contribution in [2.24, 2.45) is 5.16 Å². The summed E-state index contributed by atoms with van der Waals surface area (Å²) < 4.78 is 15.9. The van der Waals surface area contributed by atoms with E-state index >= 15 is 0 Å². The summed E-state index contributed by atoms with van der Waals surface area (Å²) in [5.41, 5.74) is 3.54. The SMILES string of the molecule is CCO/N=C(/C)c1cccc(OCc2ccccc2/C(=C/OC)C(=O)OC)c1. The minimum Gasteiger partial charge on any atom is -0.503 e. The van der Waals surface area contributed by atoms with Gasteiger partial charge in [0.05, 0.1) is 26.2 Å². The van der Waals surface area contributed by atoms with Gasteiger partial charge in [-0.2, -0.15) is 0 Å². The number of nitrogens with zero attached hydrogens (tertiary/aromatic N) is 1. The fourth-order valence-corrected chi connectivity index (χ4v) is 2.54. The van der Waals surface area contributed by atoms with Crippen LogP contribution in [0.5, 0.6) is 5.75 Å². The third kappa shape index (κ3) is 5.61. The Balaban J connectivity index is 2.22. The molecule has 0 amide bonds. The largest absolute Gasteiger partial charge is 0.503 e. The highest BCUT2D eigenvalue weighted by atomic mass is 16.6. The molecule has 0 saturated heterocycles. The molecule has 0 fully saturated rings. The van der Waals surface area contributed by atoms with Crippen molar-refractivity contribution in [1.29, 1.82) is 0 Å². The van der Waals surface area contributed by atoms with Crippen LogP contribution in [0, 0.1) is 0 Å². The van der Waals surface area contributed by atoms with Gasteiger partial charge in [0.25, 0.3) is 0 Å². The van der Waals surface area contributed by atoms with Crippen molar-refractivity contribution >= 4 is 17.3 Å². The number of carbonyl (C=O) groups excluding carboxylic acids is 1. The minimum absolute atomic E-state index is 0.277. The summed E-state index contributed by atoms with van der Waals surface area (Å²) in [5, 5.41) is 4.05. The third-order valence-electron chi connectivity index (χ3n) is 3.93. The first-order chi connectivity index (χ1) is 13.6. The van der Waals surface area contributed by atoms with E-state index < -0.39 is 5.97 Å². The van der Waals surface area contributed by atoms with Crippen molar-refractivity contribution in [2.75, 3.05) is 20.8 Å². The van der Waals surface area contributed by atoms with Crippen LogP contribution in [0.4, 0.5) is 0 Å². The van der Waals surface area contributed by atoms with E-state index in [1.165, 1.54) is 20.5 Å². The number of ether oxygens (including phenoxy) is 3. The molecule has 0 heterocycles. The maximum absolute atomic E-state index is 12.1. The van der Waals surface area contributed by atoms with Crippen molar-refractivity contribution in [3.63, 3.8) is 0 Å². The maximum atomic E-state index is 12.1. The first-order valence-corrected chi connectivity index (χ1v) is 8.90. The lowest BCUT2D eigenvalue weighted by Gasteiger charge is -2.13. The lowest BCUT2D eigenvalue weighted by Crippen LogP contribution is -2.08. The van der Waals surface area contributed by atoms with Crippen molar-refractivity contribution in [3.05, 3.63) is 71.5 Å². The topological polar surface area (TPSA) is 66.3 Å². The van der Waals surface area contributed by atoms with Crippen LogP contribution in [0.3, 0.4) is 0 Å². The van der Waals surface area contributed by atoms with Crippen LogP contribution < -0.4 is 4.74 Å². The van der Waals surface area contributed by atoms with Crippen molar-refractivity contribution < 1.29 is 23.8 Å². The van der Waals surface area contributed by atoms with Crippen LogP contribution >= 0.6 is 0 Å². The second-order valence-corrected chi connectivity index (χ2v) is 5.83. The highest BCUT2D eigenvalue weighted by Crippen LogP contribution is 2.23. The second-order valence-electron chi connectivity index (χ2n) is 5.83. The van der Waals surface area contributed by atoms with E-state index in [-0.39, 0.29) is 6.61 Å². The summed E-state index contributed by atoms with van der Waals surface area (Å²) in [6, 6.07) is 15.1. The minimum atomic E-state index is -0.473. The molecule has 148 valence electrons. The smallest absolute Gasteiger partial charge is 0.341 e. The quantitative estimate of drug-likeness (QED) is 0.214. The van der Waals surface area contributed by atoms with Gasteiger partial charge >= 0.3 is 5.97 Å². The molecule has 0 aliphatic heterocycles. The van der Waals surface area contributed by atoms with Gasteiger partial charge in [0.2, 0.25) is 0 Å². The Hall–Kier alpha value is -3.28. The summed E-state index contributed by atoms with van der Waals surface area (Å²) in [7, 11) is 2.82. The molecule has 0 unspecified atom stereocenters. The number of methoxy groups -OCH3 is 2. The van der Waals surface area contributed by atoms with Gasteiger partial charge in [-0.3, -0.25) is 0 Å². The van der Waals surface area contributed by atoms with E-state index in [1.807, 2.05) is 62.4 Å². The summed E-state index contributed by atoms with van der Waals surface area (Å²) in [6.45, 7) is 4.55. The zero-order chi connectivity index (χ0) is 20.4. The zero-order valence-corrected chi connectivity index (χ0v) is 16.6. The molecule has 0 N–H and O–H groups in total. The molecule has 2 aromatic carbocycles. The number of esters is 1. The Labute approximate surface area is 165 Å². The number of hydrogen-bond donors (Lipinski definition) is 0. The summed E-state index contributed by atoms with van der Waals surface area (Å²) >= 11 is 0. The molecular weight excluding hydrogens is 358 g/mol. The fraction of sp³-hybridized carbons (Fsp3) is 0.273. The van der Waals surface area contributed by atoms with E-state index in [0.717, 1.165) is 16.8 Å². The molecule has 0 bridgehead atoms. The molecule has 2 rings (SSSR count). The molecule has 6 nitrogen and oxygen atoms in total. The Morgan fingerprint density at radius 3 is 2.61 bits per heavy atom. The Bertz CT molecular complexity index is 858. The molecule has 2 aromatic rings. The molecular formula is C22H25NO5. The second kappa shape index (κ2) is 10.8. The van der Waals surface area contributed by atoms with E-state index in [9.17, 15) is 4.79 Å². The lowest BCUT2D eigenvalue weighted by molar-refractivity contribution is -0.133. The van der Waals surface area contributed by atoms with Crippen molar-refractivity contribution in [1.82, 2.24) is 0 Å². The van der Waals surface area contributed by atoms with Crippen LogP contribution in [0.1, 0.15) is 30.5 Å². The maximum Gasteiger partial charge on any atom is 0.341 e. The van der Waals surface area contributed by atoms with Crippen LogP contribution in [0.25, 0.3) is 5.57 Å². The number of carbonyl (C=O) groups is 1. The van der Waals surface area contributed by atoms with Gasteiger partial charge in [-0.25, -0.2) is 4.79 Å². The van der Waals surface area contributed by atoms with Gasteiger partial charge in [-0.1, -0.05) is 41.6 Å². The molecule has 0 aromatic heterocycles. The van der Waals surface area contributed by atoms with Crippen LogP contribution in [0.2, 0.25) is 0 Å². The van der Waals surface area contributed by atoms with Gasteiger partial charge in [0, 0.05) is 5.56 Å². The number of hydrogen-bond acceptors (Lipinski definition) is 6. The van der Waals surface area contributed by atoms with E-state index in [1.54, 1.807) is 0 Å². The van der Waals surface area contributed by atoms with Crippen molar-refractivity contribution in [2.45, 2.75) is 20.5 Å². The molecule has 28 heavy (non-hydrogen) atoms. The fourth-order valence-electron chi connectivity index (χ4n) is 2.54. The number of oxime groups is 1. The van der Waals surface area contributed by atoms with Gasteiger partial charge in [0.1, 0.15) is 24.5 Å². The van der Waals surface area contributed by atoms with E-state index in [2.05, 4.69) is 5.16 Å². The molecule has 0 radical (unpaired) electrons. The van der Waals surface area contributed by atoms with Crippen LogP contribution in [-0.4, -0.2) is 32.5 Å². The number of rotatable bonds is 9. The molecule has 0 saturated carbocycles. The predicted octanol–water partition coefficient (Wildman–Crippen LogP) is 4.19. The number of benzene rings is 2. The van der Waals surface area contributed by atoms with Crippen molar-refractivity contribution in [3.8, 4) is 5.75 Å². The Morgan fingerprint density at radius 2 is 1.89 bits per heavy atom. The van der Waals surface area contributed by atoms with Crippen LogP contribution in [0.15, 0.2) is 59.9 Å². The predicted molar refractivity (Wildman–Crippen MR) is 108 cm³/mol. The van der Waals surface area contributed by atoms with E-state index in [4.69, 9.17) is 19.0 Å².